The molecule has 1 atom stereocenters. The number of nitrogens with zero attached hydrogens (tertiary/aromatic N) is 1. The molecule has 0 aliphatic carbocycles. The van der Waals surface area contributed by atoms with Crippen molar-refractivity contribution in [3.8, 4) is 0 Å². The summed E-state index contributed by atoms with van der Waals surface area (Å²) < 4.78 is 27.3. The Balaban J connectivity index is 1.50. The first-order chi connectivity index (χ1) is 12.0. The van der Waals surface area contributed by atoms with E-state index in [1.165, 1.54) is 11.3 Å². The number of thiophene rings is 1. The third-order valence-electron chi connectivity index (χ3n) is 5.15. The summed E-state index contributed by atoms with van der Waals surface area (Å²) in [5, 5.41) is 6.16. The van der Waals surface area contributed by atoms with Crippen molar-refractivity contribution in [2.45, 2.75) is 36.8 Å². The number of rotatable bonds is 7. The number of carbonyl (C=O) groups excluding carboxylic acids is 1. The van der Waals surface area contributed by atoms with E-state index < -0.39 is 10.0 Å². The van der Waals surface area contributed by atoms with Gasteiger partial charge in [-0.2, -0.15) is 4.31 Å². The van der Waals surface area contributed by atoms with E-state index in [2.05, 4.69) is 10.6 Å². The van der Waals surface area contributed by atoms with Gasteiger partial charge in [-0.05, 0) is 50.4 Å². The van der Waals surface area contributed by atoms with Crippen LogP contribution >= 0.6 is 11.3 Å². The molecule has 8 heteroatoms. The van der Waals surface area contributed by atoms with Crippen molar-refractivity contribution in [2.24, 2.45) is 11.8 Å². The zero-order chi connectivity index (χ0) is 17.9. The van der Waals surface area contributed by atoms with Crippen LogP contribution in [0, 0.1) is 11.8 Å². The van der Waals surface area contributed by atoms with Crippen LogP contribution in [0.3, 0.4) is 0 Å². The molecule has 1 aromatic heterocycles. The number of piperidine rings is 1. The summed E-state index contributed by atoms with van der Waals surface area (Å²) >= 11 is 1.32. The second-order valence-corrected chi connectivity index (χ2v) is 10.3. The number of amides is 1. The second-order valence-electron chi connectivity index (χ2n) is 6.93. The molecule has 1 aromatic rings. The zero-order valence-corrected chi connectivity index (χ0v) is 16.3. The lowest BCUT2D eigenvalue weighted by Gasteiger charge is -2.31. The molecule has 0 saturated carbocycles. The highest BCUT2D eigenvalue weighted by atomic mass is 32.2. The maximum atomic E-state index is 12.6. The normalized spacial score (nSPS) is 20.8. The lowest BCUT2D eigenvalue weighted by Crippen LogP contribution is -2.49. The summed E-state index contributed by atoms with van der Waals surface area (Å²) in [6.07, 6.45) is 3.66. The van der Waals surface area contributed by atoms with E-state index in [1.807, 2.05) is 13.0 Å². The van der Waals surface area contributed by atoms with Gasteiger partial charge in [0.15, 0.2) is 0 Å². The Hall–Kier alpha value is -0.960. The Kier molecular flexibility index (Phi) is 6.14. The third-order valence-corrected chi connectivity index (χ3v) is 8.66. The third kappa shape index (κ3) is 4.42. The summed E-state index contributed by atoms with van der Waals surface area (Å²) in [5.74, 6) is 0.548. The molecule has 0 spiro atoms. The number of hydrogen-bond donors (Lipinski definition) is 2. The van der Waals surface area contributed by atoms with Crippen LogP contribution in [0.1, 0.15) is 31.1 Å². The Morgan fingerprint density at radius 2 is 2.04 bits per heavy atom. The van der Waals surface area contributed by atoms with E-state index in [-0.39, 0.29) is 11.8 Å². The van der Waals surface area contributed by atoms with Crippen molar-refractivity contribution in [2.75, 3.05) is 32.7 Å². The lowest BCUT2D eigenvalue weighted by atomic mass is 9.88. The molecule has 3 heterocycles. The molecule has 2 fully saturated rings. The summed E-state index contributed by atoms with van der Waals surface area (Å²) in [5.41, 5.74) is 0. The van der Waals surface area contributed by atoms with Gasteiger partial charge in [0.25, 0.3) is 10.0 Å². The predicted octanol–water partition coefficient (Wildman–Crippen LogP) is 1.44. The maximum absolute atomic E-state index is 12.6. The SMILES string of the molecule is CC(C(=O)NCCc1ccc(S(=O)(=O)N2CCCCC2)s1)C1CNC1. The van der Waals surface area contributed by atoms with Gasteiger partial charge in [-0.1, -0.05) is 13.3 Å². The smallest absolute Gasteiger partial charge is 0.252 e. The minimum absolute atomic E-state index is 0.0274. The topological polar surface area (TPSA) is 78.5 Å². The van der Waals surface area contributed by atoms with E-state index in [0.29, 0.717) is 36.2 Å². The van der Waals surface area contributed by atoms with Crippen LogP contribution in [0.15, 0.2) is 16.3 Å². The molecule has 2 saturated heterocycles. The van der Waals surface area contributed by atoms with Crippen molar-refractivity contribution in [3.63, 3.8) is 0 Å². The monoisotopic (exact) mass is 385 g/mol. The van der Waals surface area contributed by atoms with Gasteiger partial charge >= 0.3 is 0 Å². The Morgan fingerprint density at radius 3 is 2.68 bits per heavy atom. The highest BCUT2D eigenvalue weighted by Crippen LogP contribution is 2.27. The van der Waals surface area contributed by atoms with E-state index in [9.17, 15) is 13.2 Å². The fourth-order valence-corrected chi connectivity index (χ4v) is 6.24. The fraction of sp³-hybridized carbons (Fsp3) is 0.706. The summed E-state index contributed by atoms with van der Waals surface area (Å²) in [4.78, 5) is 13.1. The van der Waals surface area contributed by atoms with Gasteiger partial charge in [0.05, 0.1) is 0 Å². The van der Waals surface area contributed by atoms with Crippen LogP contribution in [0.5, 0.6) is 0 Å². The molecule has 6 nitrogen and oxygen atoms in total. The second kappa shape index (κ2) is 8.16. The Morgan fingerprint density at radius 1 is 1.32 bits per heavy atom. The average molecular weight is 386 g/mol. The minimum atomic E-state index is -3.35. The van der Waals surface area contributed by atoms with Gasteiger partial charge in [-0.25, -0.2) is 8.42 Å². The van der Waals surface area contributed by atoms with Gasteiger partial charge in [0.2, 0.25) is 5.91 Å². The molecule has 1 amide bonds. The van der Waals surface area contributed by atoms with Crippen LogP contribution in [-0.4, -0.2) is 51.4 Å². The molecule has 140 valence electrons. The molecule has 1 unspecified atom stereocenters. The molecule has 2 aliphatic rings. The molecule has 2 aliphatic heterocycles. The molecule has 2 N–H and O–H groups in total. The van der Waals surface area contributed by atoms with E-state index in [1.54, 1.807) is 10.4 Å². The first-order valence-electron chi connectivity index (χ1n) is 9.06. The van der Waals surface area contributed by atoms with Crippen molar-refractivity contribution < 1.29 is 13.2 Å². The largest absolute Gasteiger partial charge is 0.355 e. The van der Waals surface area contributed by atoms with Crippen LogP contribution < -0.4 is 10.6 Å². The highest BCUT2D eigenvalue weighted by Gasteiger charge is 2.29. The lowest BCUT2D eigenvalue weighted by molar-refractivity contribution is -0.126. The number of nitrogens with one attached hydrogen (secondary N) is 2. The molecule has 0 radical (unpaired) electrons. The van der Waals surface area contributed by atoms with Gasteiger partial charge < -0.3 is 10.6 Å². The molecular formula is C17H27N3O3S2. The van der Waals surface area contributed by atoms with E-state index in [0.717, 1.165) is 37.2 Å². The van der Waals surface area contributed by atoms with Crippen LogP contribution in [0.2, 0.25) is 0 Å². The van der Waals surface area contributed by atoms with Crippen molar-refractivity contribution in [1.29, 1.82) is 0 Å². The highest BCUT2D eigenvalue weighted by molar-refractivity contribution is 7.91. The van der Waals surface area contributed by atoms with Crippen molar-refractivity contribution >= 4 is 27.3 Å². The van der Waals surface area contributed by atoms with Crippen LogP contribution in [0.25, 0.3) is 0 Å². The molecule has 0 aromatic carbocycles. The van der Waals surface area contributed by atoms with E-state index in [4.69, 9.17) is 0 Å². The molecular weight excluding hydrogens is 358 g/mol. The number of hydrogen-bond acceptors (Lipinski definition) is 5. The van der Waals surface area contributed by atoms with Gasteiger partial charge in [-0.15, -0.1) is 11.3 Å². The van der Waals surface area contributed by atoms with Crippen LogP contribution in [-0.2, 0) is 21.2 Å². The Bertz CT molecular complexity index is 692. The van der Waals surface area contributed by atoms with Crippen molar-refractivity contribution in [1.82, 2.24) is 14.9 Å². The minimum Gasteiger partial charge on any atom is -0.355 e. The molecule has 3 rings (SSSR count). The first kappa shape index (κ1) is 18.8. The number of carbonyl (C=O) groups is 1. The van der Waals surface area contributed by atoms with E-state index >= 15 is 0 Å². The van der Waals surface area contributed by atoms with Crippen LogP contribution in [0.4, 0.5) is 0 Å². The molecule has 0 bridgehead atoms. The first-order valence-corrected chi connectivity index (χ1v) is 11.3. The van der Waals surface area contributed by atoms with Gasteiger partial charge in [0.1, 0.15) is 4.21 Å². The fourth-order valence-electron chi connectivity index (χ4n) is 3.21. The maximum Gasteiger partial charge on any atom is 0.252 e. The van der Waals surface area contributed by atoms with Gasteiger partial charge in [-0.3, -0.25) is 4.79 Å². The quantitative estimate of drug-likeness (QED) is 0.744. The number of sulfonamides is 1. The summed E-state index contributed by atoms with van der Waals surface area (Å²) in [6.45, 7) is 5.59. The average Bonchev–Trinajstić information content (AvgIpc) is 3.03. The zero-order valence-electron chi connectivity index (χ0n) is 14.7. The van der Waals surface area contributed by atoms with Gasteiger partial charge in [0, 0.05) is 30.4 Å². The predicted molar refractivity (Wildman–Crippen MR) is 99.2 cm³/mol. The Labute approximate surface area is 154 Å². The van der Waals surface area contributed by atoms with Crippen molar-refractivity contribution in [3.05, 3.63) is 17.0 Å². The molecule has 25 heavy (non-hydrogen) atoms. The standard InChI is InChI=1S/C17H27N3O3S2/c1-13(14-11-18-12-14)17(21)19-8-7-15-5-6-16(24-15)25(22,23)20-9-3-2-4-10-20/h5-6,13-14,18H,2-4,7-12H2,1H3,(H,19,21). The summed E-state index contributed by atoms with van der Waals surface area (Å²) in [7, 11) is -3.35. The summed E-state index contributed by atoms with van der Waals surface area (Å²) in [6, 6.07) is 3.57.